The van der Waals surface area contributed by atoms with Gasteiger partial charge in [-0.25, -0.2) is 13.8 Å². The van der Waals surface area contributed by atoms with Gasteiger partial charge in [-0.2, -0.15) is 18.3 Å². The van der Waals surface area contributed by atoms with Crippen molar-refractivity contribution < 1.29 is 35.9 Å². The molecule has 214 valence electrons. The van der Waals surface area contributed by atoms with Crippen molar-refractivity contribution in [2.45, 2.75) is 38.3 Å². The molecule has 0 heterocycles. The summed E-state index contributed by atoms with van der Waals surface area (Å²) < 4.78 is 78.8. The molecule has 0 bridgehead atoms. The van der Waals surface area contributed by atoms with Gasteiger partial charge in [-0.3, -0.25) is 9.10 Å². The molecule has 0 spiro atoms. The molecule has 3 aromatic rings. The number of hydrazone groups is 1. The van der Waals surface area contributed by atoms with Gasteiger partial charge in [-0.15, -0.1) is 0 Å². The van der Waals surface area contributed by atoms with Crippen LogP contribution < -0.4 is 19.2 Å². The van der Waals surface area contributed by atoms with E-state index in [9.17, 15) is 26.4 Å². The van der Waals surface area contributed by atoms with Crippen molar-refractivity contribution in [2.24, 2.45) is 5.10 Å². The molecule has 1 amide bonds. The molecule has 0 saturated carbocycles. The number of nitrogens with one attached hydrogen (secondary N) is 1. The second-order valence-electron chi connectivity index (χ2n) is 8.65. The summed E-state index contributed by atoms with van der Waals surface area (Å²) in [5.41, 5.74) is 2.22. The van der Waals surface area contributed by atoms with Gasteiger partial charge in [0.05, 0.1) is 35.6 Å². The van der Waals surface area contributed by atoms with Crippen LogP contribution in [0.1, 0.15) is 37.0 Å². The molecule has 8 nitrogen and oxygen atoms in total. The predicted octanol–water partition coefficient (Wildman–Crippen LogP) is 5.55. The zero-order valence-electron chi connectivity index (χ0n) is 22.2. The van der Waals surface area contributed by atoms with Crippen LogP contribution in [-0.4, -0.2) is 40.3 Å². The third-order valence-electron chi connectivity index (χ3n) is 5.49. The molecule has 3 aromatic carbocycles. The summed E-state index contributed by atoms with van der Waals surface area (Å²) in [6.07, 6.45) is -2.57. The average Bonchev–Trinajstić information content (AvgIpc) is 2.91. The van der Waals surface area contributed by atoms with Crippen molar-refractivity contribution in [1.82, 2.24) is 5.43 Å². The molecule has 1 N–H and O–H groups in total. The van der Waals surface area contributed by atoms with Gasteiger partial charge in [0.15, 0.2) is 11.5 Å². The number of alkyl halides is 3. The quantitative estimate of drug-likeness (QED) is 0.225. The molecule has 0 aromatic heterocycles. The van der Waals surface area contributed by atoms with Gasteiger partial charge in [0.2, 0.25) is 0 Å². The summed E-state index contributed by atoms with van der Waals surface area (Å²) >= 11 is 0. The van der Waals surface area contributed by atoms with Crippen LogP contribution in [0.15, 0.2) is 76.7 Å². The van der Waals surface area contributed by atoms with Crippen molar-refractivity contribution in [3.8, 4) is 11.5 Å². The third kappa shape index (κ3) is 7.98. The van der Waals surface area contributed by atoms with Gasteiger partial charge >= 0.3 is 6.18 Å². The predicted molar refractivity (Wildman–Crippen MR) is 146 cm³/mol. The lowest BCUT2D eigenvalue weighted by Crippen LogP contribution is -2.39. The van der Waals surface area contributed by atoms with E-state index in [0.29, 0.717) is 40.6 Å². The minimum Gasteiger partial charge on any atom is -0.490 e. The highest BCUT2D eigenvalue weighted by Gasteiger charge is 2.33. The SMILES string of the molecule is CCCOc1ccc(/C=N/NC(=O)CN(c2cccc(C(F)(F)F)c2)S(=O)(=O)c2ccc(C)cc2)cc1OCC. The first-order chi connectivity index (χ1) is 19.0. The largest absolute Gasteiger partial charge is 0.490 e. The number of nitrogens with zero attached hydrogens (tertiary/aromatic N) is 2. The van der Waals surface area contributed by atoms with E-state index in [2.05, 4.69) is 10.5 Å². The maximum atomic E-state index is 13.4. The highest BCUT2D eigenvalue weighted by molar-refractivity contribution is 7.92. The van der Waals surface area contributed by atoms with Crippen LogP contribution in [0.2, 0.25) is 0 Å². The molecule has 0 aliphatic rings. The Morgan fingerprint density at radius 2 is 1.73 bits per heavy atom. The van der Waals surface area contributed by atoms with Crippen LogP contribution in [0.25, 0.3) is 0 Å². The van der Waals surface area contributed by atoms with E-state index in [1.165, 1.54) is 24.4 Å². The van der Waals surface area contributed by atoms with Crippen LogP contribution in [0.3, 0.4) is 0 Å². The van der Waals surface area contributed by atoms with E-state index < -0.39 is 34.2 Å². The minimum atomic E-state index is -4.71. The lowest BCUT2D eigenvalue weighted by atomic mass is 10.2. The minimum absolute atomic E-state index is 0.180. The number of aryl methyl sites for hydroxylation is 1. The second kappa shape index (κ2) is 13.3. The Bertz CT molecular complexity index is 1440. The summed E-state index contributed by atoms with van der Waals surface area (Å²) in [6, 6.07) is 14.6. The van der Waals surface area contributed by atoms with E-state index in [1.807, 2.05) is 13.8 Å². The second-order valence-corrected chi connectivity index (χ2v) is 10.5. The number of carbonyl (C=O) groups excluding carboxylic acids is 1. The summed E-state index contributed by atoms with van der Waals surface area (Å²) in [6.45, 7) is 5.66. The average molecular weight is 578 g/mol. The monoisotopic (exact) mass is 577 g/mol. The first-order valence-electron chi connectivity index (χ1n) is 12.4. The van der Waals surface area contributed by atoms with Gasteiger partial charge in [0.1, 0.15) is 6.54 Å². The molecule has 0 fully saturated rings. The van der Waals surface area contributed by atoms with Crippen LogP contribution in [0.4, 0.5) is 18.9 Å². The van der Waals surface area contributed by atoms with Crippen LogP contribution in [0.5, 0.6) is 11.5 Å². The van der Waals surface area contributed by atoms with E-state index in [-0.39, 0.29) is 10.6 Å². The molecule has 0 radical (unpaired) electrons. The molecule has 3 rings (SSSR count). The van der Waals surface area contributed by atoms with Gasteiger partial charge in [0.25, 0.3) is 15.9 Å². The third-order valence-corrected chi connectivity index (χ3v) is 7.28. The van der Waals surface area contributed by atoms with Crippen LogP contribution in [0, 0.1) is 6.92 Å². The molecule has 0 atom stereocenters. The molecule has 40 heavy (non-hydrogen) atoms. The molecule has 0 unspecified atom stereocenters. The van der Waals surface area contributed by atoms with Gasteiger partial charge in [0, 0.05) is 0 Å². The number of rotatable bonds is 12. The topological polar surface area (TPSA) is 97.3 Å². The maximum absolute atomic E-state index is 13.4. The molecule has 0 saturated heterocycles. The van der Waals surface area contributed by atoms with Crippen molar-refractivity contribution >= 4 is 27.8 Å². The lowest BCUT2D eigenvalue weighted by Gasteiger charge is -2.24. The number of halogens is 3. The number of anilines is 1. The summed E-state index contributed by atoms with van der Waals surface area (Å²) in [5.74, 6) is 0.186. The van der Waals surface area contributed by atoms with Crippen molar-refractivity contribution in [3.63, 3.8) is 0 Å². The smallest absolute Gasteiger partial charge is 0.416 e. The zero-order valence-corrected chi connectivity index (χ0v) is 23.1. The van der Waals surface area contributed by atoms with Crippen LogP contribution in [-0.2, 0) is 21.0 Å². The Balaban J connectivity index is 1.85. The number of carbonyl (C=O) groups is 1. The van der Waals surface area contributed by atoms with Crippen molar-refractivity contribution in [3.05, 3.63) is 83.4 Å². The number of hydrogen-bond acceptors (Lipinski definition) is 6. The normalized spacial score (nSPS) is 11.8. The molecule has 12 heteroatoms. The van der Waals surface area contributed by atoms with Gasteiger partial charge in [-0.05, 0) is 74.4 Å². The summed E-state index contributed by atoms with van der Waals surface area (Å²) in [4.78, 5) is 12.6. The number of benzene rings is 3. The zero-order chi connectivity index (χ0) is 29.3. The lowest BCUT2D eigenvalue weighted by molar-refractivity contribution is -0.137. The fourth-order valence-corrected chi connectivity index (χ4v) is 4.95. The number of ether oxygens (including phenoxy) is 2. The molecular formula is C28H30F3N3O5S. The number of sulfonamides is 1. The van der Waals surface area contributed by atoms with E-state index in [0.717, 1.165) is 24.1 Å². The van der Waals surface area contributed by atoms with Gasteiger partial charge < -0.3 is 9.47 Å². The van der Waals surface area contributed by atoms with Crippen molar-refractivity contribution in [2.75, 3.05) is 24.1 Å². The van der Waals surface area contributed by atoms with Crippen molar-refractivity contribution in [1.29, 1.82) is 0 Å². The number of hydrogen-bond donors (Lipinski definition) is 1. The number of amides is 1. The highest BCUT2D eigenvalue weighted by atomic mass is 32.2. The molecular weight excluding hydrogens is 547 g/mol. The maximum Gasteiger partial charge on any atom is 0.416 e. The standard InChI is InChI=1S/C28H30F3N3O5S/c1-4-15-39-25-14-11-21(16-26(25)38-5-2)18-32-33-27(35)19-34(23-8-6-7-22(17-23)28(29,30)31)40(36,37)24-12-9-20(3)10-13-24/h6-14,16-18H,4-5,15,19H2,1-3H3,(H,33,35)/b32-18+. The molecule has 0 aliphatic heterocycles. The highest BCUT2D eigenvalue weighted by Crippen LogP contribution is 2.33. The Kier molecular flexibility index (Phi) is 10.2. The fourth-order valence-electron chi connectivity index (χ4n) is 3.54. The fraction of sp³-hybridized carbons (Fsp3) is 0.286. The first-order valence-corrected chi connectivity index (χ1v) is 13.9. The Labute approximate surface area is 231 Å². The Morgan fingerprint density at radius 3 is 2.38 bits per heavy atom. The Hall–Kier alpha value is -4.06. The van der Waals surface area contributed by atoms with E-state index in [1.54, 1.807) is 37.3 Å². The summed E-state index contributed by atoms with van der Waals surface area (Å²) in [7, 11) is -4.41. The van der Waals surface area contributed by atoms with Gasteiger partial charge in [-0.1, -0.05) is 30.7 Å². The van der Waals surface area contributed by atoms with E-state index >= 15 is 0 Å². The van der Waals surface area contributed by atoms with E-state index in [4.69, 9.17) is 9.47 Å². The summed E-state index contributed by atoms with van der Waals surface area (Å²) in [5, 5.41) is 3.88. The first kappa shape index (κ1) is 30.5. The van der Waals surface area contributed by atoms with Crippen LogP contribution >= 0.6 is 0 Å². The Morgan fingerprint density at radius 1 is 1.00 bits per heavy atom. The molecule has 0 aliphatic carbocycles.